The van der Waals surface area contributed by atoms with Crippen LogP contribution in [0.3, 0.4) is 0 Å². The van der Waals surface area contributed by atoms with Crippen LogP contribution in [0.2, 0.25) is 10.0 Å². The van der Waals surface area contributed by atoms with Gasteiger partial charge < -0.3 is 4.90 Å². The Morgan fingerprint density at radius 2 is 1.76 bits per heavy atom. The van der Waals surface area contributed by atoms with E-state index in [-0.39, 0.29) is 0 Å². The molecule has 0 spiro atoms. The lowest BCUT2D eigenvalue weighted by Crippen LogP contribution is -2.48. The van der Waals surface area contributed by atoms with Crippen LogP contribution in [0.15, 0.2) is 57.2 Å². The van der Waals surface area contributed by atoms with Gasteiger partial charge in [0.1, 0.15) is 0 Å². The van der Waals surface area contributed by atoms with Gasteiger partial charge in [-0.3, -0.25) is 0 Å². The van der Waals surface area contributed by atoms with Crippen molar-refractivity contribution in [1.29, 1.82) is 0 Å². The smallest absolute Gasteiger partial charge is 0.244 e. The summed E-state index contributed by atoms with van der Waals surface area (Å²) in [6.45, 7) is 1.95. The minimum Gasteiger partial charge on any atom is -0.345 e. The topological polar surface area (TPSA) is 53.5 Å². The van der Waals surface area contributed by atoms with Crippen LogP contribution in [0, 0.1) is 0 Å². The van der Waals surface area contributed by atoms with Crippen molar-refractivity contribution >= 4 is 65.6 Å². The van der Waals surface area contributed by atoms with Gasteiger partial charge in [0, 0.05) is 46.6 Å². The molecule has 0 N–H and O–H groups in total. The van der Waals surface area contributed by atoms with Gasteiger partial charge >= 0.3 is 0 Å². The molecule has 10 heteroatoms. The lowest BCUT2D eigenvalue weighted by Gasteiger charge is -2.33. The molecule has 1 saturated heterocycles. The third-order valence-electron chi connectivity index (χ3n) is 4.66. The fourth-order valence-corrected chi connectivity index (χ4v) is 6.91. The summed E-state index contributed by atoms with van der Waals surface area (Å²) in [6.07, 6.45) is 0. The molecule has 29 heavy (non-hydrogen) atoms. The Morgan fingerprint density at radius 3 is 2.45 bits per heavy atom. The fourth-order valence-electron chi connectivity index (χ4n) is 3.14. The van der Waals surface area contributed by atoms with E-state index in [2.05, 4.69) is 20.8 Å². The summed E-state index contributed by atoms with van der Waals surface area (Å²) < 4.78 is 28.0. The van der Waals surface area contributed by atoms with Gasteiger partial charge in [-0.15, -0.1) is 11.3 Å². The van der Waals surface area contributed by atoms with Crippen LogP contribution in [-0.4, -0.2) is 43.9 Å². The zero-order valence-electron chi connectivity index (χ0n) is 15.1. The number of benzene rings is 2. The highest BCUT2D eigenvalue weighted by Crippen LogP contribution is 2.34. The normalized spacial score (nSPS) is 15.6. The standard InChI is InChI=1S/C19H16BrCl2N3O2S2/c20-15-3-1-2-4-18(15)29(26,27)25-9-7-24(8-10-25)19-23-17(12-28-19)14-6-5-13(21)11-16(14)22/h1-6,11-12H,7-10H2. The summed E-state index contributed by atoms with van der Waals surface area (Å²) >= 11 is 17.1. The number of hydrogen-bond acceptors (Lipinski definition) is 5. The van der Waals surface area contributed by atoms with Gasteiger partial charge in [-0.1, -0.05) is 35.3 Å². The van der Waals surface area contributed by atoms with Gasteiger partial charge in [-0.05, 0) is 46.3 Å². The SMILES string of the molecule is O=S(=O)(c1ccccc1Br)N1CCN(c2nc(-c3ccc(Cl)cc3Cl)cs2)CC1. The monoisotopic (exact) mass is 531 g/mol. The third-order valence-corrected chi connectivity index (χ3v) is 9.02. The summed E-state index contributed by atoms with van der Waals surface area (Å²) in [7, 11) is -3.53. The number of anilines is 1. The van der Waals surface area contributed by atoms with Crippen molar-refractivity contribution in [1.82, 2.24) is 9.29 Å². The van der Waals surface area contributed by atoms with Crippen LogP contribution < -0.4 is 4.90 Å². The molecule has 0 aliphatic carbocycles. The molecule has 0 amide bonds. The molecule has 3 aromatic rings. The number of nitrogens with zero attached hydrogens (tertiary/aromatic N) is 3. The molecule has 1 aromatic heterocycles. The highest BCUT2D eigenvalue weighted by atomic mass is 79.9. The van der Waals surface area contributed by atoms with Gasteiger partial charge in [-0.2, -0.15) is 4.31 Å². The first-order valence-corrected chi connectivity index (χ1v) is 12.6. The van der Waals surface area contributed by atoms with Crippen molar-refractivity contribution in [3.05, 3.63) is 62.4 Å². The second-order valence-corrected chi connectivity index (χ2v) is 10.9. The second-order valence-electron chi connectivity index (χ2n) is 6.46. The summed E-state index contributed by atoms with van der Waals surface area (Å²) in [6, 6.07) is 12.2. The zero-order valence-corrected chi connectivity index (χ0v) is 19.8. The Bertz CT molecular complexity index is 1150. The van der Waals surface area contributed by atoms with E-state index in [9.17, 15) is 8.42 Å². The lowest BCUT2D eigenvalue weighted by atomic mass is 10.2. The average molecular weight is 533 g/mol. The van der Waals surface area contributed by atoms with Gasteiger partial charge in [0.2, 0.25) is 10.0 Å². The van der Waals surface area contributed by atoms with E-state index in [1.54, 1.807) is 36.4 Å². The molecule has 4 rings (SSSR count). The van der Waals surface area contributed by atoms with Crippen molar-refractivity contribution in [3.63, 3.8) is 0 Å². The summed E-state index contributed by atoms with van der Waals surface area (Å²) in [5, 5.41) is 3.94. The Kier molecular flexibility index (Phi) is 6.20. The summed E-state index contributed by atoms with van der Waals surface area (Å²) in [5.41, 5.74) is 1.61. The first kappa shape index (κ1) is 21.1. The van der Waals surface area contributed by atoms with Crippen molar-refractivity contribution in [2.75, 3.05) is 31.1 Å². The molecule has 1 aliphatic rings. The van der Waals surface area contributed by atoms with E-state index in [1.165, 1.54) is 15.6 Å². The summed E-state index contributed by atoms with van der Waals surface area (Å²) in [4.78, 5) is 7.09. The Morgan fingerprint density at radius 1 is 1.03 bits per heavy atom. The molecule has 0 bridgehead atoms. The Hall–Kier alpha value is -1.16. The van der Waals surface area contributed by atoms with E-state index in [0.717, 1.165) is 16.4 Å². The van der Waals surface area contributed by atoms with Crippen LogP contribution in [0.4, 0.5) is 5.13 Å². The van der Waals surface area contributed by atoms with E-state index in [0.29, 0.717) is 45.6 Å². The first-order valence-electron chi connectivity index (χ1n) is 8.77. The molecule has 1 fully saturated rings. The molecule has 2 heterocycles. The van der Waals surface area contributed by atoms with Crippen LogP contribution in [-0.2, 0) is 10.0 Å². The maximum absolute atomic E-state index is 12.9. The number of piperazine rings is 1. The van der Waals surface area contributed by atoms with Gasteiger partial charge in [0.05, 0.1) is 15.6 Å². The summed E-state index contributed by atoms with van der Waals surface area (Å²) in [5.74, 6) is 0. The van der Waals surface area contributed by atoms with Crippen LogP contribution in [0.5, 0.6) is 0 Å². The predicted molar refractivity (Wildman–Crippen MR) is 123 cm³/mol. The van der Waals surface area contributed by atoms with Crippen LogP contribution >= 0.6 is 50.5 Å². The number of sulfonamides is 1. The van der Waals surface area contributed by atoms with Crippen molar-refractivity contribution in [2.45, 2.75) is 4.90 Å². The number of halogens is 3. The first-order chi connectivity index (χ1) is 13.9. The quantitative estimate of drug-likeness (QED) is 0.452. The molecule has 0 atom stereocenters. The third kappa shape index (κ3) is 4.33. The molecule has 1 aliphatic heterocycles. The van der Waals surface area contributed by atoms with E-state index in [1.807, 2.05) is 11.4 Å². The highest BCUT2D eigenvalue weighted by Gasteiger charge is 2.30. The molecular weight excluding hydrogens is 517 g/mol. The van der Waals surface area contributed by atoms with E-state index in [4.69, 9.17) is 28.2 Å². The number of rotatable bonds is 4. The van der Waals surface area contributed by atoms with Crippen LogP contribution in [0.1, 0.15) is 0 Å². The van der Waals surface area contributed by atoms with Gasteiger partial charge in [-0.25, -0.2) is 13.4 Å². The molecule has 2 aromatic carbocycles. The average Bonchev–Trinajstić information content (AvgIpc) is 3.18. The minimum absolute atomic E-state index is 0.294. The number of hydrogen-bond donors (Lipinski definition) is 0. The van der Waals surface area contributed by atoms with Gasteiger partial charge in [0.15, 0.2) is 5.13 Å². The van der Waals surface area contributed by atoms with E-state index >= 15 is 0 Å². The Balaban J connectivity index is 1.48. The maximum atomic E-state index is 12.9. The van der Waals surface area contributed by atoms with E-state index < -0.39 is 10.0 Å². The predicted octanol–water partition coefficient (Wildman–Crippen LogP) is 5.39. The second kappa shape index (κ2) is 8.53. The largest absolute Gasteiger partial charge is 0.345 e. The molecule has 0 unspecified atom stereocenters. The molecule has 152 valence electrons. The molecule has 0 radical (unpaired) electrons. The van der Waals surface area contributed by atoms with Crippen molar-refractivity contribution in [3.8, 4) is 11.3 Å². The van der Waals surface area contributed by atoms with Gasteiger partial charge in [0.25, 0.3) is 0 Å². The van der Waals surface area contributed by atoms with Crippen LogP contribution in [0.25, 0.3) is 11.3 Å². The highest BCUT2D eigenvalue weighted by molar-refractivity contribution is 9.10. The molecule has 0 saturated carbocycles. The number of thiazole rings is 1. The molecular formula is C19H16BrCl2N3O2S2. The zero-order chi connectivity index (χ0) is 20.6. The van der Waals surface area contributed by atoms with Crippen molar-refractivity contribution in [2.24, 2.45) is 0 Å². The fraction of sp³-hybridized carbons (Fsp3) is 0.211. The lowest BCUT2D eigenvalue weighted by molar-refractivity contribution is 0.384. The Labute approximate surface area is 192 Å². The number of aromatic nitrogens is 1. The molecule has 5 nitrogen and oxygen atoms in total. The minimum atomic E-state index is -3.53. The maximum Gasteiger partial charge on any atom is 0.244 e. The van der Waals surface area contributed by atoms with Crippen molar-refractivity contribution < 1.29 is 8.42 Å².